The monoisotopic (exact) mass is 373 g/mol. The molecule has 8 heteroatoms. The van der Waals surface area contributed by atoms with Crippen molar-refractivity contribution in [2.75, 3.05) is 37.6 Å². The van der Waals surface area contributed by atoms with Crippen molar-refractivity contribution in [1.29, 1.82) is 0 Å². The first-order valence-electron chi connectivity index (χ1n) is 8.39. The van der Waals surface area contributed by atoms with Crippen LogP contribution in [0.25, 0.3) is 0 Å². The van der Waals surface area contributed by atoms with Gasteiger partial charge in [-0.25, -0.2) is 9.97 Å². The van der Waals surface area contributed by atoms with Gasteiger partial charge in [-0.3, -0.25) is 9.59 Å². The molecule has 0 atom stereocenters. The maximum Gasteiger partial charge on any atom is 0.272 e. The molecule has 1 aromatic heterocycles. The number of nitrogens with zero attached hydrogens (tertiary/aromatic N) is 4. The number of nitrogens with one attached hydrogen (secondary N) is 1. The van der Waals surface area contributed by atoms with Crippen molar-refractivity contribution in [3.63, 3.8) is 0 Å². The van der Waals surface area contributed by atoms with Crippen LogP contribution in [0.2, 0.25) is 5.02 Å². The van der Waals surface area contributed by atoms with Crippen molar-refractivity contribution in [3.05, 3.63) is 53.1 Å². The van der Waals surface area contributed by atoms with Crippen LogP contribution in [0.5, 0.6) is 0 Å². The van der Waals surface area contributed by atoms with E-state index in [1.807, 2.05) is 18.2 Å². The van der Waals surface area contributed by atoms with Crippen LogP contribution in [0.4, 0.5) is 5.69 Å². The Hall–Kier alpha value is -2.67. The number of anilines is 1. The maximum atomic E-state index is 12.4. The van der Waals surface area contributed by atoms with Crippen LogP contribution in [0.15, 0.2) is 36.5 Å². The normalized spacial score (nSPS) is 14.2. The molecule has 0 unspecified atom stereocenters. The number of halogens is 1. The maximum absolute atomic E-state index is 12.4. The number of piperazine rings is 1. The molecule has 0 bridgehead atoms. The molecular formula is C18H20ClN5O2. The summed E-state index contributed by atoms with van der Waals surface area (Å²) in [4.78, 5) is 36.5. The number of para-hydroxylation sites is 1. The second-order valence-corrected chi connectivity index (χ2v) is 6.41. The Morgan fingerprint density at radius 3 is 2.54 bits per heavy atom. The minimum absolute atomic E-state index is 0.0798. The molecule has 3 rings (SSSR count). The lowest BCUT2D eigenvalue weighted by Gasteiger charge is -2.36. The van der Waals surface area contributed by atoms with Gasteiger partial charge >= 0.3 is 0 Å². The summed E-state index contributed by atoms with van der Waals surface area (Å²) in [7, 11) is 0. The average molecular weight is 374 g/mol. The summed E-state index contributed by atoms with van der Waals surface area (Å²) in [6, 6.07) is 10.1. The van der Waals surface area contributed by atoms with Crippen LogP contribution in [-0.4, -0.2) is 59.4 Å². The fraction of sp³-hybridized carbons (Fsp3) is 0.333. The largest absolute Gasteiger partial charge is 0.368 e. The van der Waals surface area contributed by atoms with Gasteiger partial charge in [0.25, 0.3) is 5.91 Å². The van der Waals surface area contributed by atoms with Gasteiger partial charge in [-0.1, -0.05) is 29.8 Å². The number of aryl methyl sites for hydroxylation is 1. The van der Waals surface area contributed by atoms with Gasteiger partial charge in [-0.2, -0.15) is 0 Å². The smallest absolute Gasteiger partial charge is 0.272 e. The third-order valence-corrected chi connectivity index (χ3v) is 4.51. The van der Waals surface area contributed by atoms with E-state index in [-0.39, 0.29) is 23.2 Å². The van der Waals surface area contributed by atoms with Crippen LogP contribution >= 0.6 is 11.6 Å². The van der Waals surface area contributed by atoms with E-state index in [0.29, 0.717) is 18.9 Å². The Labute approximate surface area is 157 Å². The summed E-state index contributed by atoms with van der Waals surface area (Å²) in [5.74, 6) is -0.146. The van der Waals surface area contributed by atoms with E-state index in [2.05, 4.69) is 32.3 Å². The zero-order valence-corrected chi connectivity index (χ0v) is 15.2. The Bertz CT molecular complexity index is 791. The molecule has 1 aromatic carbocycles. The number of carbonyl (C=O) groups is 2. The van der Waals surface area contributed by atoms with E-state index in [4.69, 9.17) is 11.6 Å². The summed E-state index contributed by atoms with van der Waals surface area (Å²) < 4.78 is 0. The van der Waals surface area contributed by atoms with Gasteiger partial charge in [0.2, 0.25) is 5.91 Å². The summed E-state index contributed by atoms with van der Waals surface area (Å²) in [6.07, 6.45) is 1.38. The zero-order valence-electron chi connectivity index (χ0n) is 14.5. The van der Waals surface area contributed by atoms with Gasteiger partial charge in [0.1, 0.15) is 11.5 Å². The van der Waals surface area contributed by atoms with E-state index in [1.165, 1.54) is 6.20 Å². The van der Waals surface area contributed by atoms with Crippen LogP contribution in [0.1, 0.15) is 16.3 Å². The molecule has 2 heterocycles. The van der Waals surface area contributed by atoms with Gasteiger partial charge in [0.05, 0.1) is 17.8 Å². The number of benzene rings is 1. The van der Waals surface area contributed by atoms with Crippen LogP contribution in [0.3, 0.4) is 0 Å². The molecule has 0 aliphatic carbocycles. The molecule has 1 aliphatic heterocycles. The number of rotatable bonds is 4. The van der Waals surface area contributed by atoms with E-state index in [9.17, 15) is 9.59 Å². The van der Waals surface area contributed by atoms with E-state index < -0.39 is 5.91 Å². The highest BCUT2D eigenvalue weighted by atomic mass is 35.5. The second-order valence-electron chi connectivity index (χ2n) is 6.00. The Morgan fingerprint density at radius 1 is 1.15 bits per heavy atom. The van der Waals surface area contributed by atoms with E-state index in [1.54, 1.807) is 11.8 Å². The minimum Gasteiger partial charge on any atom is -0.368 e. The molecule has 1 aliphatic rings. The number of carbonyl (C=O) groups excluding carboxylic acids is 2. The van der Waals surface area contributed by atoms with E-state index >= 15 is 0 Å². The molecular weight excluding hydrogens is 354 g/mol. The standard InChI is InChI=1S/C18H20ClN5O2/c1-13-20-11-15(19)17(22-13)18(26)21-12-16(25)24-9-7-23(8-10-24)14-5-3-2-4-6-14/h2-6,11H,7-10,12H2,1H3,(H,21,26). The topological polar surface area (TPSA) is 78.4 Å². The zero-order chi connectivity index (χ0) is 18.5. The van der Waals surface area contributed by atoms with Crippen molar-refractivity contribution in [1.82, 2.24) is 20.2 Å². The summed E-state index contributed by atoms with van der Waals surface area (Å²) in [6.45, 7) is 4.36. The fourth-order valence-electron chi connectivity index (χ4n) is 2.82. The predicted octanol–water partition coefficient (Wildman–Crippen LogP) is 1.52. The van der Waals surface area contributed by atoms with Gasteiger partial charge in [-0.15, -0.1) is 0 Å². The summed E-state index contributed by atoms with van der Waals surface area (Å²) in [5, 5.41) is 2.75. The highest BCUT2D eigenvalue weighted by Crippen LogP contribution is 2.15. The Kier molecular flexibility index (Phi) is 5.68. The van der Waals surface area contributed by atoms with Gasteiger partial charge in [-0.05, 0) is 19.1 Å². The first-order valence-corrected chi connectivity index (χ1v) is 8.77. The molecule has 2 aromatic rings. The number of hydrogen-bond donors (Lipinski definition) is 1. The first-order chi connectivity index (χ1) is 12.5. The SMILES string of the molecule is Cc1ncc(Cl)c(C(=O)NCC(=O)N2CCN(c3ccccc3)CC2)n1. The van der Waals surface area contributed by atoms with Crippen molar-refractivity contribution in [2.45, 2.75) is 6.92 Å². The van der Waals surface area contributed by atoms with Crippen molar-refractivity contribution in [2.24, 2.45) is 0 Å². The molecule has 0 radical (unpaired) electrons. The van der Waals surface area contributed by atoms with Gasteiger partial charge in [0.15, 0.2) is 0 Å². The molecule has 0 saturated carbocycles. The van der Waals surface area contributed by atoms with Crippen LogP contribution in [0, 0.1) is 6.92 Å². The highest BCUT2D eigenvalue weighted by Gasteiger charge is 2.22. The molecule has 7 nitrogen and oxygen atoms in total. The predicted molar refractivity (Wildman–Crippen MR) is 99.3 cm³/mol. The van der Waals surface area contributed by atoms with Crippen molar-refractivity contribution >= 4 is 29.1 Å². The van der Waals surface area contributed by atoms with Gasteiger partial charge in [0, 0.05) is 31.9 Å². The third-order valence-electron chi connectivity index (χ3n) is 4.23. The van der Waals surface area contributed by atoms with Crippen molar-refractivity contribution in [3.8, 4) is 0 Å². The Balaban J connectivity index is 1.50. The first kappa shape index (κ1) is 18.1. The fourth-order valence-corrected chi connectivity index (χ4v) is 3.00. The van der Waals surface area contributed by atoms with Gasteiger partial charge < -0.3 is 15.1 Å². The lowest BCUT2D eigenvalue weighted by molar-refractivity contribution is -0.130. The minimum atomic E-state index is -0.475. The molecule has 136 valence electrons. The second kappa shape index (κ2) is 8.14. The summed E-state index contributed by atoms with van der Waals surface area (Å²) in [5.41, 5.74) is 1.24. The average Bonchev–Trinajstić information content (AvgIpc) is 2.68. The molecule has 1 N–H and O–H groups in total. The number of aromatic nitrogens is 2. The lowest BCUT2D eigenvalue weighted by Crippen LogP contribution is -2.51. The molecule has 1 fully saturated rings. The summed E-state index contributed by atoms with van der Waals surface area (Å²) >= 11 is 5.94. The molecule has 0 spiro atoms. The molecule has 26 heavy (non-hydrogen) atoms. The lowest BCUT2D eigenvalue weighted by atomic mass is 10.2. The highest BCUT2D eigenvalue weighted by molar-refractivity contribution is 6.33. The number of hydrogen-bond acceptors (Lipinski definition) is 5. The van der Waals surface area contributed by atoms with Crippen LogP contribution < -0.4 is 10.2 Å². The third kappa shape index (κ3) is 4.29. The van der Waals surface area contributed by atoms with Crippen molar-refractivity contribution < 1.29 is 9.59 Å². The van der Waals surface area contributed by atoms with Crippen LogP contribution in [-0.2, 0) is 4.79 Å². The quantitative estimate of drug-likeness (QED) is 0.879. The molecule has 2 amide bonds. The molecule has 1 saturated heterocycles. The van der Waals surface area contributed by atoms with E-state index in [0.717, 1.165) is 18.8 Å². The Morgan fingerprint density at radius 2 is 1.85 bits per heavy atom. The number of amides is 2.